The molecule has 2 aromatic carbocycles. The lowest BCUT2D eigenvalue weighted by Crippen LogP contribution is -2.52. The first-order valence-corrected chi connectivity index (χ1v) is 12.9. The van der Waals surface area contributed by atoms with E-state index in [1.54, 1.807) is 30.2 Å². The maximum Gasteiger partial charge on any atom is 0.261 e. The monoisotopic (exact) mass is 550 g/mol. The molecule has 0 heterocycles. The van der Waals surface area contributed by atoms with Crippen molar-refractivity contribution in [2.75, 3.05) is 13.7 Å². The molecule has 2 aromatic rings. The van der Waals surface area contributed by atoms with Crippen molar-refractivity contribution in [2.45, 2.75) is 64.1 Å². The molecule has 2 amide bonds. The van der Waals surface area contributed by atoms with Gasteiger partial charge in [0.25, 0.3) is 5.91 Å². The van der Waals surface area contributed by atoms with Gasteiger partial charge in [-0.2, -0.15) is 0 Å². The lowest BCUT2D eigenvalue weighted by atomic mass is 9.95. The molecular weight excluding hydrogens is 520 g/mol. The van der Waals surface area contributed by atoms with Gasteiger partial charge < -0.3 is 19.7 Å². The van der Waals surface area contributed by atoms with Gasteiger partial charge in [-0.1, -0.05) is 49.9 Å². The van der Waals surface area contributed by atoms with Gasteiger partial charge in [0, 0.05) is 17.6 Å². The molecule has 8 heteroatoms. The highest BCUT2D eigenvalue weighted by atomic mass is 79.9. The highest BCUT2D eigenvalue weighted by Gasteiger charge is 2.30. The standard InChI is InChI=1S/C26H32BrClN2O4/c1-3-23(26(32)29-20-7-5-4-6-8-20)30(16-18-9-12-21(33-2)13-10-18)25(31)17-34-24-14-11-19(28)15-22(24)27/h9-15,20,23H,3-8,16-17H2,1-2H3,(H,29,32)/t23-/m1/s1. The summed E-state index contributed by atoms with van der Waals surface area (Å²) in [7, 11) is 1.61. The van der Waals surface area contributed by atoms with Gasteiger partial charge in [-0.15, -0.1) is 0 Å². The predicted octanol–water partition coefficient (Wildman–Crippen LogP) is 5.75. The van der Waals surface area contributed by atoms with E-state index in [0.717, 1.165) is 37.0 Å². The summed E-state index contributed by atoms with van der Waals surface area (Å²) in [6, 6.07) is 12.2. The second-order valence-electron chi connectivity index (χ2n) is 8.50. The molecule has 1 fully saturated rings. The number of hydrogen-bond donors (Lipinski definition) is 1. The molecule has 0 bridgehead atoms. The normalized spacial score (nSPS) is 14.8. The fourth-order valence-electron chi connectivity index (χ4n) is 4.21. The topological polar surface area (TPSA) is 67.9 Å². The first-order valence-electron chi connectivity index (χ1n) is 11.7. The summed E-state index contributed by atoms with van der Waals surface area (Å²) in [5, 5.41) is 3.75. The van der Waals surface area contributed by atoms with E-state index >= 15 is 0 Å². The second-order valence-corrected chi connectivity index (χ2v) is 9.79. The quantitative estimate of drug-likeness (QED) is 0.408. The molecule has 1 saturated carbocycles. The van der Waals surface area contributed by atoms with Gasteiger partial charge in [0.2, 0.25) is 5.91 Å². The second kappa shape index (κ2) is 13.0. The van der Waals surface area contributed by atoms with Gasteiger partial charge in [-0.05, 0) is 71.1 Å². The lowest BCUT2D eigenvalue weighted by Gasteiger charge is -2.32. The maximum absolute atomic E-state index is 13.4. The van der Waals surface area contributed by atoms with Crippen LogP contribution in [0.25, 0.3) is 0 Å². The highest BCUT2D eigenvalue weighted by Crippen LogP contribution is 2.28. The number of nitrogens with one attached hydrogen (secondary N) is 1. The van der Waals surface area contributed by atoms with Crippen LogP contribution in [0.1, 0.15) is 51.0 Å². The molecule has 34 heavy (non-hydrogen) atoms. The summed E-state index contributed by atoms with van der Waals surface area (Å²) in [5.41, 5.74) is 0.908. The molecule has 0 unspecified atom stereocenters. The first kappa shape index (κ1) is 26.4. The maximum atomic E-state index is 13.4. The zero-order chi connectivity index (χ0) is 24.5. The minimum absolute atomic E-state index is 0.107. The highest BCUT2D eigenvalue weighted by molar-refractivity contribution is 9.10. The van der Waals surface area contributed by atoms with Crippen LogP contribution in [0, 0.1) is 0 Å². The van der Waals surface area contributed by atoms with Crippen molar-refractivity contribution in [2.24, 2.45) is 0 Å². The van der Waals surface area contributed by atoms with Crippen molar-refractivity contribution < 1.29 is 19.1 Å². The molecule has 1 N–H and O–H groups in total. The first-order chi connectivity index (χ1) is 16.4. The van der Waals surface area contributed by atoms with Crippen molar-refractivity contribution in [3.8, 4) is 11.5 Å². The molecule has 184 valence electrons. The molecule has 0 saturated heterocycles. The van der Waals surface area contributed by atoms with Crippen LogP contribution in [-0.4, -0.2) is 42.5 Å². The van der Waals surface area contributed by atoms with Crippen molar-refractivity contribution in [1.29, 1.82) is 0 Å². The van der Waals surface area contributed by atoms with Gasteiger partial charge in [0.15, 0.2) is 6.61 Å². The number of nitrogens with zero attached hydrogens (tertiary/aromatic N) is 1. The molecule has 1 atom stereocenters. The average molecular weight is 552 g/mol. The Kier molecular flexibility index (Phi) is 10.1. The van der Waals surface area contributed by atoms with E-state index in [4.69, 9.17) is 21.1 Å². The molecule has 6 nitrogen and oxygen atoms in total. The summed E-state index contributed by atoms with van der Waals surface area (Å²) < 4.78 is 11.7. The zero-order valence-electron chi connectivity index (χ0n) is 19.7. The van der Waals surface area contributed by atoms with E-state index in [-0.39, 0.29) is 24.5 Å². The minimum Gasteiger partial charge on any atom is -0.497 e. The van der Waals surface area contributed by atoms with Crippen LogP contribution >= 0.6 is 27.5 Å². The van der Waals surface area contributed by atoms with E-state index in [0.29, 0.717) is 28.2 Å². The van der Waals surface area contributed by atoms with Crippen LogP contribution in [0.3, 0.4) is 0 Å². The van der Waals surface area contributed by atoms with E-state index < -0.39 is 6.04 Å². The van der Waals surface area contributed by atoms with Gasteiger partial charge in [0.05, 0.1) is 11.6 Å². The van der Waals surface area contributed by atoms with Gasteiger partial charge >= 0.3 is 0 Å². The van der Waals surface area contributed by atoms with Crippen molar-refractivity contribution >= 4 is 39.3 Å². The summed E-state index contributed by atoms with van der Waals surface area (Å²) in [5.74, 6) is 0.883. The number of rotatable bonds is 10. The number of carbonyl (C=O) groups excluding carboxylic acids is 2. The Morgan fingerprint density at radius 3 is 2.47 bits per heavy atom. The van der Waals surface area contributed by atoms with Crippen LogP contribution in [0.4, 0.5) is 0 Å². The van der Waals surface area contributed by atoms with Crippen molar-refractivity contribution in [3.05, 3.63) is 57.5 Å². The molecule has 0 radical (unpaired) electrons. The molecule has 1 aliphatic rings. The molecule has 0 aliphatic heterocycles. The zero-order valence-corrected chi connectivity index (χ0v) is 22.0. The van der Waals surface area contributed by atoms with Gasteiger partial charge in [-0.3, -0.25) is 9.59 Å². The Labute approximate surface area is 215 Å². The summed E-state index contributed by atoms with van der Waals surface area (Å²) in [6.07, 6.45) is 5.94. The van der Waals surface area contributed by atoms with Crippen LogP contribution < -0.4 is 14.8 Å². The van der Waals surface area contributed by atoms with E-state index in [2.05, 4.69) is 21.2 Å². The fraction of sp³-hybridized carbons (Fsp3) is 0.462. The minimum atomic E-state index is -0.589. The van der Waals surface area contributed by atoms with Crippen LogP contribution in [0.15, 0.2) is 46.9 Å². The van der Waals surface area contributed by atoms with Crippen LogP contribution in [-0.2, 0) is 16.1 Å². The summed E-state index contributed by atoms with van der Waals surface area (Å²) >= 11 is 9.42. The third-order valence-electron chi connectivity index (χ3n) is 6.09. The van der Waals surface area contributed by atoms with Gasteiger partial charge in [0.1, 0.15) is 17.5 Å². The average Bonchev–Trinajstić information content (AvgIpc) is 2.84. The molecule has 0 aromatic heterocycles. The Morgan fingerprint density at radius 1 is 1.15 bits per heavy atom. The van der Waals surface area contributed by atoms with E-state index in [1.165, 1.54) is 6.42 Å². The molecule has 0 spiro atoms. The number of ether oxygens (including phenoxy) is 2. The molecular formula is C26H32BrClN2O4. The van der Waals surface area contributed by atoms with Crippen molar-refractivity contribution in [1.82, 2.24) is 10.2 Å². The fourth-order valence-corrected chi connectivity index (χ4v) is 5.00. The Bertz CT molecular complexity index is 964. The number of carbonyl (C=O) groups is 2. The Hall–Kier alpha value is -2.25. The third kappa shape index (κ3) is 7.37. The largest absolute Gasteiger partial charge is 0.497 e. The number of methoxy groups -OCH3 is 1. The van der Waals surface area contributed by atoms with E-state index in [9.17, 15) is 9.59 Å². The molecule has 1 aliphatic carbocycles. The predicted molar refractivity (Wildman–Crippen MR) is 137 cm³/mol. The number of hydrogen-bond acceptors (Lipinski definition) is 4. The van der Waals surface area contributed by atoms with Gasteiger partial charge in [-0.25, -0.2) is 0 Å². The van der Waals surface area contributed by atoms with Crippen LogP contribution in [0.5, 0.6) is 11.5 Å². The Balaban J connectivity index is 1.77. The number of halogens is 2. The van der Waals surface area contributed by atoms with Crippen LogP contribution in [0.2, 0.25) is 5.02 Å². The molecule has 3 rings (SSSR count). The smallest absolute Gasteiger partial charge is 0.261 e. The lowest BCUT2D eigenvalue weighted by molar-refractivity contribution is -0.143. The summed E-state index contributed by atoms with van der Waals surface area (Å²) in [4.78, 5) is 28.2. The number of amides is 2. The van der Waals surface area contributed by atoms with E-state index in [1.807, 2.05) is 31.2 Å². The third-order valence-corrected chi connectivity index (χ3v) is 6.95. The summed E-state index contributed by atoms with van der Waals surface area (Å²) in [6.45, 7) is 2.03. The van der Waals surface area contributed by atoms with Crippen molar-refractivity contribution in [3.63, 3.8) is 0 Å². The Morgan fingerprint density at radius 2 is 1.85 bits per heavy atom. The SMILES string of the molecule is CC[C@H](C(=O)NC1CCCCC1)N(Cc1ccc(OC)cc1)C(=O)COc1ccc(Cl)cc1Br. The number of benzene rings is 2.